The van der Waals surface area contributed by atoms with Crippen LogP contribution in [0.2, 0.25) is 0 Å². The van der Waals surface area contributed by atoms with E-state index in [0.717, 1.165) is 0 Å². The van der Waals surface area contributed by atoms with E-state index in [2.05, 4.69) is 5.22 Å². The molecule has 3 N–H and O–H groups in total. The molecule has 0 atom stereocenters. The maximum absolute atomic E-state index is 8.72. The number of aromatic hydroxyl groups is 2. The van der Waals surface area contributed by atoms with Gasteiger partial charge < -0.3 is 10.2 Å². The van der Waals surface area contributed by atoms with Crippen molar-refractivity contribution in [3.05, 3.63) is 12.1 Å². The Bertz CT molecular complexity index is 210. The van der Waals surface area contributed by atoms with Crippen LogP contribution in [0.15, 0.2) is 17.4 Å². The van der Waals surface area contributed by atoms with Crippen molar-refractivity contribution in [2.24, 2.45) is 5.22 Å². The van der Waals surface area contributed by atoms with Crippen LogP contribution in [0.1, 0.15) is 0 Å². The highest BCUT2D eigenvalue weighted by Crippen LogP contribution is 2.19. The minimum atomic E-state index is -0.248. The molecule has 0 aliphatic rings. The molecular formula is C4H5N3O2. The molecule has 1 rings (SSSR count). The fraction of sp³-hybridized carbons (Fsp3) is 0. The van der Waals surface area contributed by atoms with Crippen LogP contribution in [0.4, 0.5) is 0 Å². The van der Waals surface area contributed by atoms with E-state index >= 15 is 0 Å². The van der Waals surface area contributed by atoms with E-state index in [4.69, 9.17) is 15.7 Å². The second-order valence-corrected chi connectivity index (χ2v) is 1.46. The minimum absolute atomic E-state index is 0.248. The van der Waals surface area contributed by atoms with E-state index < -0.39 is 0 Å². The van der Waals surface area contributed by atoms with E-state index in [1.807, 2.05) is 0 Å². The van der Waals surface area contributed by atoms with Gasteiger partial charge in [-0.3, -0.25) is 0 Å². The Morgan fingerprint density at radius 1 is 1.33 bits per heavy atom. The summed E-state index contributed by atoms with van der Waals surface area (Å²) in [5.74, 6) is -0.495. The third-order valence-corrected chi connectivity index (χ3v) is 0.915. The SMILES string of the molecule is N=Nn1c(O)ccc1O. The first kappa shape index (κ1) is 5.61. The molecule has 0 saturated carbocycles. The number of aromatic nitrogens is 1. The summed E-state index contributed by atoms with van der Waals surface area (Å²) < 4.78 is 0.694. The Kier molecular flexibility index (Phi) is 1.11. The molecule has 0 bridgehead atoms. The smallest absolute Gasteiger partial charge is 0.217 e. The predicted octanol–water partition coefficient (Wildman–Crippen LogP) is 0.693. The van der Waals surface area contributed by atoms with Crippen molar-refractivity contribution in [2.45, 2.75) is 0 Å². The molecular weight excluding hydrogens is 122 g/mol. The highest BCUT2D eigenvalue weighted by Gasteiger charge is 2.01. The monoisotopic (exact) mass is 127 g/mol. The molecule has 48 valence electrons. The standard InChI is InChI=1S/C4H5N3O2/c5-6-7-3(8)1-2-4(7)9/h1-2,5,8-9H. The van der Waals surface area contributed by atoms with Crippen molar-refractivity contribution in [1.29, 1.82) is 5.53 Å². The summed E-state index contributed by atoms with van der Waals surface area (Å²) in [5, 5.41) is 20.2. The molecule has 0 radical (unpaired) electrons. The van der Waals surface area contributed by atoms with Gasteiger partial charge in [0.15, 0.2) is 0 Å². The van der Waals surface area contributed by atoms with Crippen LogP contribution in [-0.4, -0.2) is 14.9 Å². The zero-order chi connectivity index (χ0) is 6.85. The first-order chi connectivity index (χ1) is 4.25. The molecule has 5 nitrogen and oxygen atoms in total. The quantitative estimate of drug-likeness (QED) is 0.485. The maximum Gasteiger partial charge on any atom is 0.217 e. The first-order valence-electron chi connectivity index (χ1n) is 2.23. The normalized spacial score (nSPS) is 9.33. The highest BCUT2D eigenvalue weighted by molar-refractivity contribution is 5.22. The third-order valence-electron chi connectivity index (χ3n) is 0.915. The lowest BCUT2D eigenvalue weighted by Crippen LogP contribution is -1.81. The van der Waals surface area contributed by atoms with Gasteiger partial charge in [0.1, 0.15) is 0 Å². The zero-order valence-corrected chi connectivity index (χ0v) is 4.44. The second kappa shape index (κ2) is 1.77. The van der Waals surface area contributed by atoms with Crippen molar-refractivity contribution < 1.29 is 10.2 Å². The summed E-state index contributed by atoms with van der Waals surface area (Å²) in [6, 6.07) is 2.49. The fourth-order valence-corrected chi connectivity index (χ4v) is 0.510. The Morgan fingerprint density at radius 2 is 1.78 bits per heavy atom. The molecule has 0 aromatic carbocycles. The number of nitrogens with one attached hydrogen (secondary N) is 1. The average Bonchev–Trinajstić information content (AvgIpc) is 2.12. The van der Waals surface area contributed by atoms with Crippen molar-refractivity contribution in [3.63, 3.8) is 0 Å². The van der Waals surface area contributed by atoms with Crippen molar-refractivity contribution >= 4 is 0 Å². The third kappa shape index (κ3) is 0.716. The van der Waals surface area contributed by atoms with Crippen molar-refractivity contribution in [2.75, 3.05) is 0 Å². The van der Waals surface area contributed by atoms with Gasteiger partial charge >= 0.3 is 0 Å². The van der Waals surface area contributed by atoms with Crippen LogP contribution < -0.4 is 0 Å². The van der Waals surface area contributed by atoms with E-state index in [1.165, 1.54) is 12.1 Å². The number of hydrogen-bond acceptors (Lipinski definition) is 4. The molecule has 0 fully saturated rings. The number of nitrogens with zero attached hydrogens (tertiary/aromatic N) is 2. The largest absolute Gasteiger partial charge is 0.493 e. The Balaban J connectivity index is 3.22. The van der Waals surface area contributed by atoms with E-state index in [-0.39, 0.29) is 11.8 Å². The topological polar surface area (TPSA) is 81.6 Å². The Labute approximate surface area is 50.6 Å². The van der Waals surface area contributed by atoms with Gasteiger partial charge in [0.05, 0.1) is 0 Å². The van der Waals surface area contributed by atoms with Gasteiger partial charge in [-0.2, -0.15) is 5.53 Å². The van der Waals surface area contributed by atoms with E-state index in [9.17, 15) is 0 Å². The highest BCUT2D eigenvalue weighted by atomic mass is 16.3. The van der Waals surface area contributed by atoms with Crippen LogP contribution in [0.3, 0.4) is 0 Å². The number of hydrogen-bond donors (Lipinski definition) is 3. The van der Waals surface area contributed by atoms with Crippen LogP contribution in [-0.2, 0) is 0 Å². The van der Waals surface area contributed by atoms with E-state index in [1.54, 1.807) is 0 Å². The summed E-state index contributed by atoms with van der Waals surface area (Å²) in [6.07, 6.45) is 0. The zero-order valence-electron chi connectivity index (χ0n) is 4.44. The van der Waals surface area contributed by atoms with Gasteiger partial charge in [-0.1, -0.05) is 5.22 Å². The summed E-state index contributed by atoms with van der Waals surface area (Å²) in [5.41, 5.74) is 6.41. The van der Waals surface area contributed by atoms with Gasteiger partial charge in [0.25, 0.3) is 0 Å². The summed E-state index contributed by atoms with van der Waals surface area (Å²) in [4.78, 5) is 0. The van der Waals surface area contributed by atoms with Crippen LogP contribution in [0.5, 0.6) is 11.8 Å². The Morgan fingerprint density at radius 3 is 2.00 bits per heavy atom. The molecule has 0 saturated heterocycles. The van der Waals surface area contributed by atoms with Crippen LogP contribution in [0, 0.1) is 5.53 Å². The fourth-order valence-electron chi connectivity index (χ4n) is 0.510. The van der Waals surface area contributed by atoms with Gasteiger partial charge in [0, 0.05) is 12.1 Å². The van der Waals surface area contributed by atoms with E-state index in [0.29, 0.717) is 4.68 Å². The molecule has 9 heavy (non-hydrogen) atoms. The molecule has 0 aliphatic carbocycles. The predicted molar refractivity (Wildman–Crippen MR) is 28.3 cm³/mol. The maximum atomic E-state index is 8.72. The molecule has 0 amide bonds. The summed E-state index contributed by atoms with van der Waals surface area (Å²) in [6.45, 7) is 0. The first-order valence-corrected chi connectivity index (χ1v) is 2.23. The van der Waals surface area contributed by atoms with Gasteiger partial charge in [-0.15, -0.1) is 4.68 Å². The lowest BCUT2D eigenvalue weighted by Gasteiger charge is -1.91. The van der Waals surface area contributed by atoms with Crippen LogP contribution >= 0.6 is 0 Å². The lowest BCUT2D eigenvalue weighted by atomic mass is 10.6. The minimum Gasteiger partial charge on any atom is -0.493 e. The van der Waals surface area contributed by atoms with Crippen LogP contribution in [0.25, 0.3) is 0 Å². The molecule has 0 unspecified atom stereocenters. The molecule has 1 heterocycles. The molecule has 0 aliphatic heterocycles. The molecule has 1 aromatic rings. The van der Waals surface area contributed by atoms with Gasteiger partial charge in [-0.25, -0.2) is 0 Å². The Hall–Kier alpha value is -1.52. The second-order valence-electron chi connectivity index (χ2n) is 1.46. The van der Waals surface area contributed by atoms with Crippen molar-refractivity contribution in [1.82, 2.24) is 4.68 Å². The molecule has 1 aromatic heterocycles. The summed E-state index contributed by atoms with van der Waals surface area (Å²) >= 11 is 0. The van der Waals surface area contributed by atoms with Gasteiger partial charge in [0.2, 0.25) is 11.8 Å². The van der Waals surface area contributed by atoms with Crippen molar-refractivity contribution in [3.8, 4) is 11.8 Å². The lowest BCUT2D eigenvalue weighted by molar-refractivity contribution is 0.376. The molecule has 0 spiro atoms. The van der Waals surface area contributed by atoms with Gasteiger partial charge in [-0.05, 0) is 0 Å². The molecule has 5 heteroatoms. The number of rotatable bonds is 1. The summed E-state index contributed by atoms with van der Waals surface area (Å²) in [7, 11) is 0. The average molecular weight is 127 g/mol.